The Morgan fingerprint density at radius 3 is 2.10 bits per heavy atom. The average Bonchev–Trinajstić information content (AvgIpc) is 2.25. The van der Waals surface area contributed by atoms with Gasteiger partial charge in [0.2, 0.25) is 0 Å². The molecule has 106 valence electrons. The minimum absolute atomic E-state index is 0.0552. The van der Waals surface area contributed by atoms with Gasteiger partial charge in [-0.05, 0) is 18.2 Å². The largest absolute Gasteiger partial charge is 0.266 e. The molecule has 0 fully saturated rings. The predicted molar refractivity (Wildman–Crippen MR) is 81.5 cm³/mol. The molecule has 0 spiro atoms. The maximum atomic E-state index is 12.3. The van der Waals surface area contributed by atoms with Gasteiger partial charge in [0.1, 0.15) is 10.7 Å². The normalized spacial score (nSPS) is 11.4. The van der Waals surface area contributed by atoms with Gasteiger partial charge in [-0.2, -0.15) is 0 Å². The Morgan fingerprint density at radius 2 is 1.55 bits per heavy atom. The summed E-state index contributed by atoms with van der Waals surface area (Å²) in [5, 5.41) is 0.403. The van der Waals surface area contributed by atoms with Gasteiger partial charge in [0, 0.05) is 22.3 Å². The summed E-state index contributed by atoms with van der Waals surface area (Å²) >= 11 is 23.3. The van der Waals surface area contributed by atoms with E-state index in [2.05, 4.69) is 9.71 Å². The summed E-state index contributed by atoms with van der Waals surface area (Å²) in [6.45, 7) is 0. The second kappa shape index (κ2) is 5.95. The SMILES string of the molecule is O=S(=O)(Nc1cc(Cl)ccn1)c1c(Cl)cc(Cl)cc1Cl. The molecule has 4 nitrogen and oxygen atoms in total. The van der Waals surface area contributed by atoms with Crippen LogP contribution in [0.5, 0.6) is 0 Å². The third-order valence-electron chi connectivity index (χ3n) is 2.19. The molecule has 2 aromatic rings. The quantitative estimate of drug-likeness (QED) is 0.864. The smallest absolute Gasteiger partial charge is 0.263 e. The van der Waals surface area contributed by atoms with Crippen LogP contribution in [0.1, 0.15) is 0 Å². The minimum Gasteiger partial charge on any atom is -0.263 e. The highest BCUT2D eigenvalue weighted by atomic mass is 35.5. The summed E-state index contributed by atoms with van der Waals surface area (Å²) in [6.07, 6.45) is 1.37. The van der Waals surface area contributed by atoms with Gasteiger partial charge in [-0.25, -0.2) is 13.4 Å². The van der Waals surface area contributed by atoms with E-state index in [-0.39, 0.29) is 25.8 Å². The molecule has 2 rings (SSSR count). The Morgan fingerprint density at radius 1 is 0.950 bits per heavy atom. The lowest BCUT2D eigenvalue weighted by Crippen LogP contribution is -2.15. The van der Waals surface area contributed by atoms with Crippen LogP contribution in [0.4, 0.5) is 5.82 Å². The van der Waals surface area contributed by atoms with E-state index in [1.165, 1.54) is 30.5 Å². The molecule has 20 heavy (non-hydrogen) atoms. The number of aromatic nitrogens is 1. The molecule has 0 saturated heterocycles. The Balaban J connectivity index is 2.46. The van der Waals surface area contributed by atoms with Gasteiger partial charge in [0.15, 0.2) is 0 Å². The molecule has 0 atom stereocenters. The van der Waals surface area contributed by atoms with Gasteiger partial charge in [0.25, 0.3) is 10.0 Å². The van der Waals surface area contributed by atoms with Crippen LogP contribution in [-0.4, -0.2) is 13.4 Å². The number of rotatable bonds is 3. The molecule has 1 N–H and O–H groups in total. The number of anilines is 1. The van der Waals surface area contributed by atoms with E-state index in [1.807, 2.05) is 0 Å². The molecule has 1 aromatic carbocycles. The molecule has 0 aliphatic carbocycles. The lowest BCUT2D eigenvalue weighted by atomic mass is 10.4. The third-order valence-corrected chi connectivity index (χ3v) is 4.92. The van der Waals surface area contributed by atoms with Gasteiger partial charge in [-0.15, -0.1) is 0 Å². The van der Waals surface area contributed by atoms with E-state index in [1.54, 1.807) is 0 Å². The number of halogens is 4. The molecule has 1 heterocycles. The van der Waals surface area contributed by atoms with Crippen molar-refractivity contribution in [3.63, 3.8) is 0 Å². The zero-order valence-corrected chi connectivity index (χ0v) is 13.4. The summed E-state index contributed by atoms with van der Waals surface area (Å²) in [4.78, 5) is 3.57. The van der Waals surface area contributed by atoms with Crippen LogP contribution >= 0.6 is 46.4 Å². The highest BCUT2D eigenvalue weighted by Gasteiger charge is 2.23. The first-order valence-corrected chi connectivity index (χ1v) is 8.08. The van der Waals surface area contributed by atoms with Crippen LogP contribution in [0.15, 0.2) is 35.4 Å². The van der Waals surface area contributed by atoms with Crippen molar-refractivity contribution in [1.82, 2.24) is 4.98 Å². The first-order chi connectivity index (χ1) is 9.29. The summed E-state index contributed by atoms with van der Waals surface area (Å²) in [5.74, 6) is 0.0552. The van der Waals surface area contributed by atoms with Gasteiger partial charge in [-0.1, -0.05) is 46.4 Å². The molecule has 0 aliphatic rings. The maximum Gasteiger partial charge on any atom is 0.266 e. The molecule has 0 radical (unpaired) electrons. The van der Waals surface area contributed by atoms with E-state index in [0.717, 1.165) is 0 Å². The third kappa shape index (κ3) is 3.48. The monoisotopic (exact) mass is 370 g/mol. The van der Waals surface area contributed by atoms with Crippen LogP contribution in [0.3, 0.4) is 0 Å². The second-order valence-corrected chi connectivity index (χ2v) is 6.97. The van der Waals surface area contributed by atoms with E-state index < -0.39 is 10.0 Å². The fourth-order valence-electron chi connectivity index (χ4n) is 1.43. The summed E-state index contributed by atoms with van der Waals surface area (Å²) in [5.41, 5.74) is 0. The standard InChI is InChI=1S/C11H6Cl4N2O2S/c12-6-1-2-16-10(5-6)17-20(18,19)11-8(14)3-7(13)4-9(11)15/h1-5H,(H,16,17). The van der Waals surface area contributed by atoms with Gasteiger partial charge in [0.05, 0.1) is 10.0 Å². The highest BCUT2D eigenvalue weighted by Crippen LogP contribution is 2.33. The Bertz CT molecular complexity index is 742. The molecule has 0 amide bonds. The van der Waals surface area contributed by atoms with E-state index in [9.17, 15) is 8.42 Å². The van der Waals surface area contributed by atoms with Crippen LogP contribution < -0.4 is 4.72 Å². The highest BCUT2D eigenvalue weighted by molar-refractivity contribution is 7.93. The lowest BCUT2D eigenvalue weighted by Gasteiger charge is -2.10. The van der Waals surface area contributed by atoms with Crippen LogP contribution in [0.25, 0.3) is 0 Å². The number of nitrogens with zero attached hydrogens (tertiary/aromatic N) is 1. The second-order valence-electron chi connectivity index (χ2n) is 3.66. The van der Waals surface area contributed by atoms with Crippen LogP contribution in [-0.2, 0) is 10.0 Å². The number of hydrogen-bond donors (Lipinski definition) is 1. The molecule has 1 aromatic heterocycles. The van der Waals surface area contributed by atoms with Crippen molar-refractivity contribution >= 4 is 62.2 Å². The van der Waals surface area contributed by atoms with Gasteiger partial charge >= 0.3 is 0 Å². The number of hydrogen-bond acceptors (Lipinski definition) is 3. The topological polar surface area (TPSA) is 59.1 Å². The Hall–Kier alpha value is -0.720. The Labute approximate surface area is 135 Å². The number of nitrogens with one attached hydrogen (secondary N) is 1. The van der Waals surface area contributed by atoms with E-state index >= 15 is 0 Å². The van der Waals surface area contributed by atoms with Crippen molar-refractivity contribution in [2.24, 2.45) is 0 Å². The summed E-state index contributed by atoms with van der Waals surface area (Å²) in [7, 11) is -4.00. The zero-order chi connectivity index (χ0) is 14.9. The number of sulfonamides is 1. The van der Waals surface area contributed by atoms with E-state index in [0.29, 0.717) is 5.02 Å². The lowest BCUT2D eigenvalue weighted by molar-refractivity contribution is 0.601. The zero-order valence-electron chi connectivity index (χ0n) is 9.57. The molecule has 9 heteroatoms. The Kier molecular flexibility index (Phi) is 4.66. The molecule has 0 aliphatic heterocycles. The minimum atomic E-state index is -4.00. The van der Waals surface area contributed by atoms with Crippen LogP contribution in [0.2, 0.25) is 20.1 Å². The van der Waals surface area contributed by atoms with Crippen molar-refractivity contribution in [1.29, 1.82) is 0 Å². The molecule has 0 saturated carbocycles. The first-order valence-electron chi connectivity index (χ1n) is 5.08. The molecule has 0 bridgehead atoms. The fourth-order valence-corrected chi connectivity index (χ4v) is 4.14. The average molecular weight is 372 g/mol. The summed E-state index contributed by atoms with van der Waals surface area (Å²) in [6, 6.07) is 5.45. The number of benzene rings is 1. The number of pyridine rings is 1. The van der Waals surface area contributed by atoms with Crippen molar-refractivity contribution in [2.75, 3.05) is 4.72 Å². The predicted octanol–water partition coefficient (Wildman–Crippen LogP) is 4.50. The molecular weight excluding hydrogens is 366 g/mol. The maximum absolute atomic E-state index is 12.3. The fraction of sp³-hybridized carbons (Fsp3) is 0. The van der Waals surface area contributed by atoms with Crippen molar-refractivity contribution in [2.45, 2.75) is 4.90 Å². The van der Waals surface area contributed by atoms with Gasteiger partial charge < -0.3 is 0 Å². The molecule has 0 unspecified atom stereocenters. The van der Waals surface area contributed by atoms with Crippen LogP contribution in [0, 0.1) is 0 Å². The summed E-state index contributed by atoms with van der Waals surface area (Å²) < 4.78 is 26.8. The first kappa shape index (κ1) is 15.7. The van der Waals surface area contributed by atoms with E-state index in [4.69, 9.17) is 46.4 Å². The van der Waals surface area contributed by atoms with Crippen molar-refractivity contribution in [3.05, 3.63) is 50.6 Å². The van der Waals surface area contributed by atoms with Crippen molar-refractivity contribution in [3.8, 4) is 0 Å². The van der Waals surface area contributed by atoms with Crippen molar-refractivity contribution < 1.29 is 8.42 Å². The molecular formula is C11H6Cl4N2O2S. The van der Waals surface area contributed by atoms with Gasteiger partial charge in [-0.3, -0.25) is 4.72 Å².